The second-order valence-electron chi connectivity index (χ2n) is 3.67. The highest BCUT2D eigenvalue weighted by atomic mass is 19.1. The molecule has 2 aromatic rings. The van der Waals surface area contributed by atoms with Gasteiger partial charge in [-0.1, -0.05) is 0 Å². The molecule has 0 aliphatic rings. The van der Waals surface area contributed by atoms with Crippen LogP contribution in [0.3, 0.4) is 0 Å². The van der Waals surface area contributed by atoms with E-state index in [1.54, 1.807) is 12.1 Å². The number of carboxylic acids is 1. The fourth-order valence-electron chi connectivity index (χ4n) is 1.45. The van der Waals surface area contributed by atoms with Crippen LogP contribution in [-0.2, 0) is 0 Å². The van der Waals surface area contributed by atoms with Crippen LogP contribution in [0.2, 0.25) is 0 Å². The summed E-state index contributed by atoms with van der Waals surface area (Å²) in [6.07, 6.45) is 1.38. The largest absolute Gasteiger partial charge is 0.478 e. The molecule has 5 nitrogen and oxygen atoms in total. The molecule has 0 aliphatic carbocycles. The monoisotopic (exact) mass is 257 g/mol. The number of aromatic carboxylic acids is 1. The third-order valence-electron chi connectivity index (χ3n) is 2.36. The summed E-state index contributed by atoms with van der Waals surface area (Å²) in [5.41, 5.74) is 0.399. The van der Waals surface area contributed by atoms with Gasteiger partial charge in [-0.15, -0.1) is 0 Å². The van der Waals surface area contributed by atoms with E-state index in [1.807, 2.05) is 6.07 Å². The van der Waals surface area contributed by atoms with Crippen molar-refractivity contribution in [2.45, 2.75) is 0 Å². The first-order valence-corrected chi connectivity index (χ1v) is 5.26. The summed E-state index contributed by atoms with van der Waals surface area (Å²) in [6.45, 7) is 0. The Hall–Kier alpha value is -2.94. The lowest BCUT2D eigenvalue weighted by atomic mass is 10.2. The highest BCUT2D eigenvalue weighted by Gasteiger charge is 2.10. The van der Waals surface area contributed by atoms with E-state index in [4.69, 9.17) is 10.4 Å². The summed E-state index contributed by atoms with van der Waals surface area (Å²) >= 11 is 0. The first kappa shape index (κ1) is 12.5. The van der Waals surface area contributed by atoms with Gasteiger partial charge in [0.2, 0.25) is 0 Å². The van der Waals surface area contributed by atoms with Gasteiger partial charge < -0.3 is 10.4 Å². The Bertz CT molecular complexity index is 663. The summed E-state index contributed by atoms with van der Waals surface area (Å²) in [7, 11) is 0. The summed E-state index contributed by atoms with van der Waals surface area (Å²) in [4.78, 5) is 14.6. The predicted molar refractivity (Wildman–Crippen MR) is 65.6 cm³/mol. The normalized spacial score (nSPS) is 9.68. The number of nitrogens with zero attached hydrogens (tertiary/aromatic N) is 2. The van der Waals surface area contributed by atoms with Gasteiger partial charge in [0, 0.05) is 11.9 Å². The lowest BCUT2D eigenvalue weighted by molar-refractivity contribution is 0.0692. The SMILES string of the molecule is N#Cc1ccc(Nc2ccc(C(=O)O)c(F)c2)nc1. The van der Waals surface area contributed by atoms with Crippen molar-refractivity contribution in [1.29, 1.82) is 5.26 Å². The fraction of sp³-hybridized carbons (Fsp3) is 0. The van der Waals surface area contributed by atoms with E-state index in [1.165, 1.54) is 18.3 Å². The van der Waals surface area contributed by atoms with Crippen LogP contribution >= 0.6 is 0 Å². The summed E-state index contributed by atoms with van der Waals surface area (Å²) in [5.74, 6) is -1.71. The van der Waals surface area contributed by atoms with E-state index in [9.17, 15) is 9.18 Å². The number of anilines is 2. The smallest absolute Gasteiger partial charge is 0.338 e. The number of rotatable bonds is 3. The molecule has 94 valence electrons. The van der Waals surface area contributed by atoms with Crippen LogP contribution in [0.1, 0.15) is 15.9 Å². The van der Waals surface area contributed by atoms with Crippen LogP contribution in [0.25, 0.3) is 0 Å². The second-order valence-corrected chi connectivity index (χ2v) is 3.67. The van der Waals surface area contributed by atoms with Crippen molar-refractivity contribution in [3.8, 4) is 6.07 Å². The van der Waals surface area contributed by atoms with Gasteiger partial charge in [0.25, 0.3) is 0 Å². The Kier molecular flexibility index (Phi) is 3.39. The number of carboxylic acid groups (broad SMARTS) is 1. The van der Waals surface area contributed by atoms with E-state index < -0.39 is 17.3 Å². The summed E-state index contributed by atoms with van der Waals surface area (Å²) in [6, 6.07) is 8.75. The molecule has 2 rings (SSSR count). The van der Waals surface area contributed by atoms with Gasteiger partial charge in [-0.3, -0.25) is 0 Å². The summed E-state index contributed by atoms with van der Waals surface area (Å²) in [5, 5.41) is 20.1. The zero-order valence-corrected chi connectivity index (χ0v) is 9.59. The van der Waals surface area contributed by atoms with Crippen LogP contribution in [0.15, 0.2) is 36.5 Å². The highest BCUT2D eigenvalue weighted by Crippen LogP contribution is 2.18. The molecule has 0 unspecified atom stereocenters. The molecule has 1 aromatic carbocycles. The third kappa shape index (κ3) is 2.84. The van der Waals surface area contributed by atoms with Gasteiger partial charge in [0.1, 0.15) is 17.7 Å². The molecule has 1 aromatic heterocycles. The molecule has 0 aliphatic heterocycles. The molecule has 0 saturated heterocycles. The molecule has 0 amide bonds. The molecule has 0 radical (unpaired) electrons. The maximum atomic E-state index is 13.4. The van der Waals surface area contributed by atoms with E-state index >= 15 is 0 Å². The Labute approximate surface area is 108 Å². The van der Waals surface area contributed by atoms with Gasteiger partial charge in [-0.05, 0) is 30.3 Å². The van der Waals surface area contributed by atoms with E-state index in [0.29, 0.717) is 17.1 Å². The minimum Gasteiger partial charge on any atom is -0.478 e. The van der Waals surface area contributed by atoms with E-state index in [2.05, 4.69) is 10.3 Å². The standard InChI is InChI=1S/C13H8FN3O2/c14-11-5-9(2-3-10(11)13(18)19)17-12-4-1-8(6-15)7-16-12/h1-5,7H,(H,16,17)(H,18,19). The number of carbonyl (C=O) groups is 1. The molecule has 1 heterocycles. The van der Waals surface area contributed by atoms with Crippen LogP contribution < -0.4 is 5.32 Å². The molecule has 0 bridgehead atoms. The number of benzene rings is 1. The zero-order valence-electron chi connectivity index (χ0n) is 9.59. The molecule has 0 saturated carbocycles. The second kappa shape index (κ2) is 5.14. The number of hydrogen-bond donors (Lipinski definition) is 2. The number of hydrogen-bond acceptors (Lipinski definition) is 4. The van der Waals surface area contributed by atoms with Crippen LogP contribution in [0.5, 0.6) is 0 Å². The molecule has 2 N–H and O–H groups in total. The Balaban J connectivity index is 2.21. The first-order valence-electron chi connectivity index (χ1n) is 5.26. The maximum absolute atomic E-state index is 13.4. The van der Waals surface area contributed by atoms with Crippen LogP contribution in [0.4, 0.5) is 15.9 Å². The Morgan fingerprint density at radius 2 is 2.16 bits per heavy atom. The lowest BCUT2D eigenvalue weighted by Gasteiger charge is -2.06. The molecule has 0 spiro atoms. The molecular formula is C13H8FN3O2. The molecule has 0 fully saturated rings. The predicted octanol–water partition coefficient (Wildman–Crippen LogP) is 2.53. The minimum atomic E-state index is -1.32. The topological polar surface area (TPSA) is 86.0 Å². The van der Waals surface area contributed by atoms with E-state index in [-0.39, 0.29) is 0 Å². The average Bonchev–Trinajstić information content (AvgIpc) is 2.39. The van der Waals surface area contributed by atoms with E-state index in [0.717, 1.165) is 6.07 Å². The highest BCUT2D eigenvalue weighted by molar-refractivity contribution is 5.88. The third-order valence-corrected chi connectivity index (χ3v) is 2.36. The van der Waals surface area contributed by atoms with Gasteiger partial charge in [-0.25, -0.2) is 14.2 Å². The van der Waals surface area contributed by atoms with Crippen molar-refractivity contribution in [2.24, 2.45) is 0 Å². The quantitative estimate of drug-likeness (QED) is 0.882. The minimum absolute atomic E-state index is 0.375. The Morgan fingerprint density at radius 1 is 1.37 bits per heavy atom. The number of nitriles is 1. The fourth-order valence-corrected chi connectivity index (χ4v) is 1.45. The number of pyridine rings is 1. The van der Waals surface area contributed by atoms with Crippen molar-refractivity contribution < 1.29 is 14.3 Å². The van der Waals surface area contributed by atoms with Crippen molar-refractivity contribution in [2.75, 3.05) is 5.32 Å². The molecular weight excluding hydrogens is 249 g/mol. The first-order chi connectivity index (χ1) is 9.10. The number of halogens is 1. The van der Waals surface area contributed by atoms with Crippen molar-refractivity contribution in [1.82, 2.24) is 4.98 Å². The van der Waals surface area contributed by atoms with Gasteiger partial charge in [0.05, 0.1) is 11.1 Å². The molecule has 0 atom stereocenters. The van der Waals surface area contributed by atoms with Crippen LogP contribution in [-0.4, -0.2) is 16.1 Å². The average molecular weight is 257 g/mol. The zero-order chi connectivity index (χ0) is 13.8. The van der Waals surface area contributed by atoms with Gasteiger partial charge in [-0.2, -0.15) is 5.26 Å². The maximum Gasteiger partial charge on any atom is 0.338 e. The molecule has 6 heteroatoms. The van der Waals surface area contributed by atoms with Crippen molar-refractivity contribution in [3.05, 3.63) is 53.5 Å². The van der Waals surface area contributed by atoms with Crippen LogP contribution in [0, 0.1) is 17.1 Å². The summed E-state index contributed by atoms with van der Waals surface area (Å²) < 4.78 is 13.4. The number of nitrogens with one attached hydrogen (secondary N) is 1. The Morgan fingerprint density at radius 3 is 2.68 bits per heavy atom. The van der Waals surface area contributed by atoms with Crippen molar-refractivity contribution in [3.63, 3.8) is 0 Å². The molecule has 19 heavy (non-hydrogen) atoms. The van der Waals surface area contributed by atoms with Gasteiger partial charge >= 0.3 is 5.97 Å². The van der Waals surface area contributed by atoms with Gasteiger partial charge in [0.15, 0.2) is 0 Å². The lowest BCUT2D eigenvalue weighted by Crippen LogP contribution is -2.01. The number of aromatic nitrogens is 1. The van der Waals surface area contributed by atoms with Crippen molar-refractivity contribution >= 4 is 17.5 Å².